The number of alkyl halides is 1. The summed E-state index contributed by atoms with van der Waals surface area (Å²) in [4.78, 5) is 25.5. The zero-order valence-corrected chi connectivity index (χ0v) is 17.0. The first-order chi connectivity index (χ1) is 12.3. The lowest BCUT2D eigenvalue weighted by atomic mass is 9.49. The van der Waals surface area contributed by atoms with Crippen molar-refractivity contribution in [1.82, 2.24) is 0 Å². The molecule has 4 nitrogen and oxygen atoms in total. The normalized spacial score (nSPS) is 35.8. The molecule has 4 aliphatic carbocycles. The number of nitrogens with one attached hydrogen (secondary N) is 1. The highest BCUT2D eigenvalue weighted by atomic mass is 79.9. The number of rotatable bonds is 4. The van der Waals surface area contributed by atoms with Crippen molar-refractivity contribution < 1.29 is 14.3 Å². The molecule has 0 spiro atoms. The van der Waals surface area contributed by atoms with Gasteiger partial charge in [0.15, 0.2) is 6.10 Å². The highest BCUT2D eigenvalue weighted by Crippen LogP contribution is 2.64. The molecule has 0 aliphatic heterocycles. The zero-order valence-electron chi connectivity index (χ0n) is 15.4. The molecule has 0 saturated heterocycles. The molecule has 4 saturated carbocycles. The van der Waals surface area contributed by atoms with Crippen LogP contribution in [0.3, 0.4) is 0 Å². The summed E-state index contributed by atoms with van der Waals surface area (Å²) in [7, 11) is 0. The van der Waals surface area contributed by atoms with Crippen LogP contribution in [0, 0.1) is 24.2 Å². The van der Waals surface area contributed by atoms with Crippen molar-refractivity contribution in [3.8, 4) is 0 Å². The molecule has 5 heteroatoms. The Hall–Kier alpha value is -1.36. The Morgan fingerprint density at radius 2 is 1.77 bits per heavy atom. The van der Waals surface area contributed by atoms with E-state index in [0.717, 1.165) is 30.5 Å². The number of amides is 1. The molecule has 0 aromatic heterocycles. The van der Waals surface area contributed by atoms with Gasteiger partial charge in [-0.3, -0.25) is 9.59 Å². The second-order valence-corrected chi connectivity index (χ2v) is 10.5. The average Bonchev–Trinajstić information content (AvgIpc) is 2.54. The van der Waals surface area contributed by atoms with Gasteiger partial charge in [-0.15, -0.1) is 0 Å². The summed E-state index contributed by atoms with van der Waals surface area (Å²) in [5.41, 5.74) is 1.46. The molecular weight excluding hydrogens is 394 g/mol. The summed E-state index contributed by atoms with van der Waals surface area (Å²) in [5, 5.41) is 2.83. The van der Waals surface area contributed by atoms with E-state index in [1.807, 2.05) is 31.2 Å². The highest BCUT2D eigenvalue weighted by molar-refractivity contribution is 9.10. The molecule has 4 bridgehead atoms. The first kappa shape index (κ1) is 18.0. The van der Waals surface area contributed by atoms with Crippen LogP contribution in [0.5, 0.6) is 0 Å². The topological polar surface area (TPSA) is 55.4 Å². The number of hydrogen-bond acceptors (Lipinski definition) is 3. The largest absolute Gasteiger partial charge is 0.452 e. The van der Waals surface area contributed by atoms with Gasteiger partial charge < -0.3 is 10.1 Å². The van der Waals surface area contributed by atoms with Crippen LogP contribution in [-0.2, 0) is 14.3 Å². The van der Waals surface area contributed by atoms with E-state index in [-0.39, 0.29) is 16.2 Å². The lowest BCUT2D eigenvalue weighted by Gasteiger charge is -2.58. The zero-order chi connectivity index (χ0) is 18.5. The molecule has 5 atom stereocenters. The van der Waals surface area contributed by atoms with Gasteiger partial charge in [0, 0.05) is 10.0 Å². The van der Waals surface area contributed by atoms with E-state index in [9.17, 15) is 9.59 Å². The Balaban J connectivity index is 1.41. The minimum absolute atomic E-state index is 0.101. The third kappa shape index (κ3) is 3.30. The van der Waals surface area contributed by atoms with Crippen LogP contribution in [-0.4, -0.2) is 22.3 Å². The second-order valence-electron chi connectivity index (χ2n) is 8.80. The highest BCUT2D eigenvalue weighted by Gasteiger charge is 2.60. The van der Waals surface area contributed by atoms with Crippen molar-refractivity contribution in [1.29, 1.82) is 0 Å². The van der Waals surface area contributed by atoms with Crippen LogP contribution >= 0.6 is 15.9 Å². The molecule has 4 aliphatic rings. The fraction of sp³-hybridized carbons (Fsp3) is 0.619. The summed E-state index contributed by atoms with van der Waals surface area (Å²) in [5.74, 6) is 0.766. The Kier molecular flexibility index (Phi) is 4.41. The number of halogens is 1. The van der Waals surface area contributed by atoms with Crippen LogP contribution in [0.4, 0.5) is 5.69 Å². The molecule has 0 radical (unpaired) electrons. The Labute approximate surface area is 163 Å². The Morgan fingerprint density at radius 1 is 1.15 bits per heavy atom. The maximum absolute atomic E-state index is 13.0. The predicted molar refractivity (Wildman–Crippen MR) is 104 cm³/mol. The molecule has 4 fully saturated rings. The molecule has 140 valence electrons. The molecule has 1 amide bonds. The van der Waals surface area contributed by atoms with Gasteiger partial charge in [-0.05, 0) is 76.3 Å². The van der Waals surface area contributed by atoms with Crippen LogP contribution in [0.2, 0.25) is 0 Å². The maximum atomic E-state index is 13.0. The number of anilines is 1. The smallest absolute Gasteiger partial charge is 0.312 e. The summed E-state index contributed by atoms with van der Waals surface area (Å²) in [6.45, 7) is 3.66. The fourth-order valence-electron chi connectivity index (χ4n) is 5.61. The quantitative estimate of drug-likeness (QED) is 0.572. The summed E-state index contributed by atoms with van der Waals surface area (Å²) in [6, 6.07) is 7.60. The van der Waals surface area contributed by atoms with Gasteiger partial charge in [-0.2, -0.15) is 0 Å². The van der Waals surface area contributed by atoms with E-state index >= 15 is 0 Å². The van der Waals surface area contributed by atoms with E-state index in [1.165, 1.54) is 19.3 Å². The molecule has 1 aromatic rings. The number of hydrogen-bond donors (Lipinski definition) is 1. The van der Waals surface area contributed by atoms with Gasteiger partial charge in [-0.25, -0.2) is 0 Å². The minimum Gasteiger partial charge on any atom is -0.452 e. The average molecular weight is 420 g/mol. The van der Waals surface area contributed by atoms with Gasteiger partial charge in [0.05, 0.1) is 5.41 Å². The molecule has 1 aromatic carbocycles. The SMILES string of the molecule is Cc1ccc(NC(=O)[C@@H](C)OC(=O)C23C[C@@H]4C[C@@H](CC(Br)(C4)C2)C3)cc1. The first-order valence-corrected chi connectivity index (χ1v) is 10.3. The standard InChI is InChI=1S/C21H26BrNO3/c1-13-3-5-17(6-4-13)23-18(24)14(2)26-19(25)20-8-15-7-16(9-20)11-21(22,10-15)12-20/h3-6,14-16H,7-12H2,1-2H3,(H,23,24)/t14-,15-,16+,20?,21?/m1/s1. The molecule has 5 rings (SSSR count). The van der Waals surface area contributed by atoms with E-state index in [2.05, 4.69) is 21.2 Å². The van der Waals surface area contributed by atoms with Crippen molar-refractivity contribution >= 4 is 33.5 Å². The van der Waals surface area contributed by atoms with Crippen LogP contribution < -0.4 is 5.32 Å². The number of benzene rings is 1. The first-order valence-electron chi connectivity index (χ1n) is 9.55. The van der Waals surface area contributed by atoms with E-state index in [4.69, 9.17) is 4.74 Å². The summed E-state index contributed by atoms with van der Waals surface area (Å²) < 4.78 is 5.77. The van der Waals surface area contributed by atoms with Gasteiger partial charge in [0.2, 0.25) is 0 Å². The van der Waals surface area contributed by atoms with E-state index in [1.54, 1.807) is 6.92 Å². The van der Waals surface area contributed by atoms with Crippen LogP contribution in [0.15, 0.2) is 24.3 Å². The van der Waals surface area contributed by atoms with Crippen molar-refractivity contribution in [3.63, 3.8) is 0 Å². The van der Waals surface area contributed by atoms with E-state index < -0.39 is 11.5 Å². The second kappa shape index (κ2) is 6.36. The Bertz CT molecular complexity index is 715. The number of carbonyl (C=O) groups is 2. The molecular formula is C21H26BrNO3. The van der Waals surface area contributed by atoms with Gasteiger partial charge in [-0.1, -0.05) is 33.6 Å². The third-order valence-electron chi connectivity index (χ3n) is 6.39. The minimum atomic E-state index is -0.789. The molecule has 0 heterocycles. The van der Waals surface area contributed by atoms with E-state index in [0.29, 0.717) is 11.8 Å². The van der Waals surface area contributed by atoms with Gasteiger partial charge >= 0.3 is 5.97 Å². The van der Waals surface area contributed by atoms with Crippen molar-refractivity contribution in [2.45, 2.75) is 62.8 Å². The van der Waals surface area contributed by atoms with Crippen molar-refractivity contribution in [2.24, 2.45) is 17.3 Å². The fourth-order valence-corrected chi connectivity index (χ4v) is 7.06. The third-order valence-corrected chi connectivity index (χ3v) is 7.32. The van der Waals surface area contributed by atoms with Gasteiger partial charge in [0.1, 0.15) is 0 Å². The van der Waals surface area contributed by atoms with Gasteiger partial charge in [0.25, 0.3) is 5.91 Å². The predicted octanol–water partition coefficient (Wildman–Crippen LogP) is 4.60. The number of esters is 1. The molecule has 26 heavy (non-hydrogen) atoms. The number of carbonyl (C=O) groups excluding carboxylic acids is 2. The number of ether oxygens (including phenoxy) is 1. The summed E-state index contributed by atoms with van der Waals surface area (Å²) in [6.07, 6.45) is 5.47. The molecule has 1 N–H and O–H groups in total. The van der Waals surface area contributed by atoms with Crippen molar-refractivity contribution in [2.75, 3.05) is 5.32 Å². The number of aryl methyl sites for hydroxylation is 1. The summed E-state index contributed by atoms with van der Waals surface area (Å²) >= 11 is 3.92. The van der Waals surface area contributed by atoms with Crippen LogP contribution in [0.1, 0.15) is 51.0 Å². The monoisotopic (exact) mass is 419 g/mol. The molecule has 2 unspecified atom stereocenters. The maximum Gasteiger partial charge on any atom is 0.312 e. The Morgan fingerprint density at radius 3 is 2.35 bits per heavy atom. The lowest BCUT2D eigenvalue weighted by molar-refractivity contribution is -0.175. The lowest BCUT2D eigenvalue weighted by Crippen LogP contribution is -2.56. The van der Waals surface area contributed by atoms with Crippen molar-refractivity contribution in [3.05, 3.63) is 29.8 Å². The van der Waals surface area contributed by atoms with Crippen LogP contribution in [0.25, 0.3) is 0 Å².